The van der Waals surface area contributed by atoms with Crippen molar-refractivity contribution in [2.24, 2.45) is 0 Å². The van der Waals surface area contributed by atoms with Crippen LogP contribution in [0.5, 0.6) is 23.0 Å². The Morgan fingerprint density at radius 2 is 0.673 bits per heavy atom. The molecule has 12 nitrogen and oxygen atoms in total. The quantitative estimate of drug-likeness (QED) is 0.284. The van der Waals surface area contributed by atoms with Crippen LogP contribution in [0.25, 0.3) is 0 Å². The van der Waals surface area contributed by atoms with Gasteiger partial charge in [0.05, 0.1) is 105 Å². The minimum absolute atomic E-state index is 0.0472. The topological polar surface area (TPSA) is 111 Å². The number of hydrogen-bond donors (Lipinski definition) is 0. The predicted molar refractivity (Wildman–Crippen MR) is 201 cm³/mol. The van der Waals surface area contributed by atoms with Crippen molar-refractivity contribution < 1.29 is 56.8 Å². The number of alkyl halides is 2. The highest BCUT2D eigenvalue weighted by Crippen LogP contribution is 2.36. The van der Waals surface area contributed by atoms with Gasteiger partial charge in [0, 0.05) is 10.7 Å². The molecule has 52 heavy (non-hydrogen) atoms. The fraction of sp³-hybridized carbons (Fsp3) is 0.684. The van der Waals surface area contributed by atoms with E-state index in [9.17, 15) is 0 Å². The zero-order valence-electron chi connectivity index (χ0n) is 30.1. The van der Waals surface area contributed by atoms with E-state index in [0.717, 1.165) is 47.9 Å². The van der Waals surface area contributed by atoms with E-state index >= 15 is 0 Å². The molecular formula is C38H54Br2O12. The van der Waals surface area contributed by atoms with E-state index in [1.807, 2.05) is 24.3 Å². The monoisotopic (exact) mass is 860 g/mol. The van der Waals surface area contributed by atoms with Crippen molar-refractivity contribution in [3.63, 3.8) is 0 Å². The van der Waals surface area contributed by atoms with Crippen LogP contribution in [0.3, 0.4) is 0 Å². The van der Waals surface area contributed by atoms with Gasteiger partial charge >= 0.3 is 0 Å². The molecule has 0 amide bonds. The summed E-state index contributed by atoms with van der Waals surface area (Å²) in [6.45, 7) is 8.42. The van der Waals surface area contributed by atoms with Gasteiger partial charge in [0.15, 0.2) is 23.0 Å². The van der Waals surface area contributed by atoms with Crippen molar-refractivity contribution in [1.82, 2.24) is 0 Å². The fourth-order valence-corrected chi connectivity index (χ4v) is 7.06. The summed E-state index contributed by atoms with van der Waals surface area (Å²) in [5.74, 6) is 2.67. The lowest BCUT2D eigenvalue weighted by Gasteiger charge is -2.32. The highest BCUT2D eigenvalue weighted by molar-refractivity contribution is 9.08. The summed E-state index contributed by atoms with van der Waals surface area (Å²) in [6.07, 6.45) is 3.96. The molecule has 0 bridgehead atoms. The average molecular weight is 863 g/mol. The maximum atomic E-state index is 6.65. The van der Waals surface area contributed by atoms with Gasteiger partial charge in [-0.25, -0.2) is 0 Å². The highest BCUT2D eigenvalue weighted by atomic mass is 79.9. The van der Waals surface area contributed by atoms with Gasteiger partial charge in [-0.05, 0) is 59.4 Å². The SMILES string of the molecule is BrCc1cc2c(cc1CO[C@@H]1CCCC[C@H]1OCc1cc3c(cc1CBr)OCCOCCOCCOCCO3)OCCOCCOCCOCCO2. The molecule has 14 heteroatoms. The Balaban J connectivity index is 1.23. The van der Waals surface area contributed by atoms with Crippen LogP contribution < -0.4 is 18.9 Å². The van der Waals surface area contributed by atoms with Crippen LogP contribution in [0, 0.1) is 0 Å². The van der Waals surface area contributed by atoms with Crippen molar-refractivity contribution in [2.45, 2.75) is 61.8 Å². The van der Waals surface area contributed by atoms with Crippen LogP contribution >= 0.6 is 31.9 Å². The van der Waals surface area contributed by atoms with Crippen LogP contribution in [-0.4, -0.2) is 118 Å². The number of rotatable bonds is 8. The van der Waals surface area contributed by atoms with Crippen LogP contribution in [-0.2, 0) is 61.8 Å². The molecule has 1 aliphatic carbocycles. The third-order valence-corrected chi connectivity index (χ3v) is 10.0. The van der Waals surface area contributed by atoms with E-state index in [1.165, 1.54) is 0 Å². The minimum atomic E-state index is -0.0472. The number of halogens is 2. The molecule has 2 atom stereocenters. The summed E-state index contributed by atoms with van der Waals surface area (Å²) in [6, 6.07) is 8.11. The van der Waals surface area contributed by atoms with Crippen molar-refractivity contribution in [3.8, 4) is 23.0 Å². The Hall–Kier alpha value is -1.72. The third kappa shape index (κ3) is 14.2. The number of benzene rings is 2. The van der Waals surface area contributed by atoms with E-state index in [1.54, 1.807) is 0 Å². The van der Waals surface area contributed by atoms with Gasteiger partial charge < -0.3 is 56.8 Å². The van der Waals surface area contributed by atoms with Crippen molar-refractivity contribution in [2.75, 3.05) is 106 Å². The lowest BCUT2D eigenvalue weighted by molar-refractivity contribution is -0.104. The molecule has 0 unspecified atom stereocenters. The number of fused-ring (bicyclic) bond motifs is 2. The van der Waals surface area contributed by atoms with Crippen molar-refractivity contribution in [1.29, 1.82) is 0 Å². The Bertz CT molecular complexity index is 1200. The molecule has 0 aromatic heterocycles. The van der Waals surface area contributed by atoms with E-state index in [4.69, 9.17) is 56.8 Å². The summed E-state index contributed by atoms with van der Waals surface area (Å²) >= 11 is 7.35. The molecule has 0 radical (unpaired) electrons. The predicted octanol–water partition coefficient (Wildman–Crippen LogP) is 6.16. The maximum Gasteiger partial charge on any atom is 0.161 e. The van der Waals surface area contributed by atoms with Gasteiger partial charge in [-0.1, -0.05) is 44.7 Å². The molecule has 1 saturated carbocycles. The zero-order valence-corrected chi connectivity index (χ0v) is 33.3. The molecule has 1 fully saturated rings. The first-order chi connectivity index (χ1) is 25.7. The molecule has 0 spiro atoms. The standard InChI is InChI=1S/C38H54Br2O12/c39-25-29-21-35-37(49-19-15-45-11-7-41-5-9-43-13-17-47-35)23-31(29)27-51-33-3-1-2-4-34(33)52-28-32-24-38-36(22-30(32)26-40)48-18-14-44-10-6-42-8-12-46-16-20-50-38/h21-24,33-34H,1-20,25-28H2/t33-,34-/m1/s1. The van der Waals surface area contributed by atoms with Crippen LogP contribution in [0.2, 0.25) is 0 Å². The van der Waals surface area contributed by atoms with E-state index in [2.05, 4.69) is 31.9 Å². The molecule has 292 valence electrons. The molecule has 0 saturated heterocycles. The van der Waals surface area contributed by atoms with Gasteiger partial charge in [0.25, 0.3) is 0 Å². The first kappa shape index (κ1) is 41.4. The smallest absolute Gasteiger partial charge is 0.161 e. The molecule has 5 rings (SSSR count). The average Bonchev–Trinajstić information content (AvgIpc) is 3.18. The summed E-state index contributed by atoms with van der Waals surface area (Å²) in [4.78, 5) is 0. The highest BCUT2D eigenvalue weighted by Gasteiger charge is 2.28. The number of ether oxygens (including phenoxy) is 12. The van der Waals surface area contributed by atoms with Crippen LogP contribution in [0.15, 0.2) is 24.3 Å². The Morgan fingerprint density at radius 3 is 0.962 bits per heavy atom. The molecule has 2 aromatic carbocycles. The van der Waals surface area contributed by atoms with Gasteiger partial charge in [0.1, 0.15) is 26.4 Å². The molecule has 0 N–H and O–H groups in total. The second-order valence-corrected chi connectivity index (χ2v) is 13.6. The Labute approximate surface area is 324 Å². The van der Waals surface area contributed by atoms with E-state index < -0.39 is 0 Å². The Morgan fingerprint density at radius 1 is 0.404 bits per heavy atom. The molecule has 3 aliphatic rings. The zero-order chi connectivity index (χ0) is 36.1. The molecule has 2 aromatic rings. The lowest BCUT2D eigenvalue weighted by atomic mass is 9.94. The molecule has 2 heterocycles. The van der Waals surface area contributed by atoms with Gasteiger partial charge in [-0.15, -0.1) is 0 Å². The first-order valence-corrected chi connectivity index (χ1v) is 20.6. The summed E-state index contributed by atoms with van der Waals surface area (Å²) in [5, 5.41) is 1.30. The second kappa shape index (κ2) is 24.6. The van der Waals surface area contributed by atoms with Gasteiger partial charge in [-0.2, -0.15) is 0 Å². The van der Waals surface area contributed by atoms with Crippen molar-refractivity contribution >= 4 is 31.9 Å². The van der Waals surface area contributed by atoms with Crippen LogP contribution in [0.1, 0.15) is 47.9 Å². The molecular weight excluding hydrogens is 808 g/mol. The van der Waals surface area contributed by atoms with E-state index in [-0.39, 0.29) is 12.2 Å². The van der Waals surface area contributed by atoms with Gasteiger partial charge in [0.2, 0.25) is 0 Å². The largest absolute Gasteiger partial charge is 0.487 e. The fourth-order valence-electron chi connectivity index (χ4n) is 6.02. The van der Waals surface area contributed by atoms with Crippen LogP contribution in [0.4, 0.5) is 0 Å². The van der Waals surface area contributed by atoms with E-state index in [0.29, 0.717) is 153 Å². The lowest BCUT2D eigenvalue weighted by Crippen LogP contribution is -2.34. The van der Waals surface area contributed by atoms with Gasteiger partial charge in [-0.3, -0.25) is 0 Å². The third-order valence-electron chi connectivity index (χ3n) is 8.80. The summed E-state index contributed by atoms with van der Waals surface area (Å²) in [5.41, 5.74) is 4.23. The van der Waals surface area contributed by atoms with Crippen molar-refractivity contribution in [3.05, 3.63) is 46.5 Å². The normalized spacial score (nSPS) is 22.3. The molecule has 2 aliphatic heterocycles. The summed E-state index contributed by atoms with van der Waals surface area (Å²) < 4.78 is 71.5. The number of hydrogen-bond acceptors (Lipinski definition) is 12. The maximum absolute atomic E-state index is 6.65. The first-order valence-electron chi connectivity index (χ1n) is 18.4. The summed E-state index contributed by atoms with van der Waals surface area (Å²) in [7, 11) is 0. The second-order valence-electron chi connectivity index (χ2n) is 12.5. The minimum Gasteiger partial charge on any atom is -0.487 e. The Kier molecular flexibility index (Phi) is 19.6.